The molecule has 9 heteroatoms. The maximum Gasteiger partial charge on any atom is 0.324 e. The van der Waals surface area contributed by atoms with E-state index in [2.05, 4.69) is 10.4 Å². The lowest BCUT2D eigenvalue weighted by atomic mass is 9.84. The van der Waals surface area contributed by atoms with Crippen LogP contribution in [0.15, 0.2) is 27.5 Å². The maximum atomic E-state index is 12.3. The van der Waals surface area contributed by atoms with Crippen LogP contribution in [0, 0.1) is 10.1 Å². The molecule has 0 bridgehead atoms. The number of nitrogens with zero attached hydrogens (tertiary/aromatic N) is 2. The minimum absolute atomic E-state index is 0.0000354. The van der Waals surface area contributed by atoms with Crippen LogP contribution in [-0.4, -0.2) is 20.5 Å². The van der Waals surface area contributed by atoms with Gasteiger partial charge in [-0.2, -0.15) is 0 Å². The molecule has 0 spiro atoms. The smallest absolute Gasteiger partial charge is 0.324 e. The monoisotopic (exact) mass is 332 g/mol. The number of ketones is 1. The third-order valence-corrected chi connectivity index (χ3v) is 5.20. The highest BCUT2D eigenvalue weighted by Crippen LogP contribution is 2.46. The number of aromatic nitrogens is 2. The first-order chi connectivity index (χ1) is 11.0. The molecule has 8 nitrogen and oxygen atoms in total. The normalized spacial score (nSPS) is 19.5. The first-order valence-electron chi connectivity index (χ1n) is 7.02. The summed E-state index contributed by atoms with van der Waals surface area (Å²) in [5, 5.41) is 18.5. The average Bonchev–Trinajstić information content (AvgIpc) is 3.18. The summed E-state index contributed by atoms with van der Waals surface area (Å²) in [5.41, 5.74) is 2.12. The Balaban J connectivity index is 1.96. The van der Waals surface area contributed by atoms with E-state index in [4.69, 9.17) is 0 Å². The van der Waals surface area contributed by atoms with E-state index >= 15 is 0 Å². The molecule has 23 heavy (non-hydrogen) atoms. The van der Waals surface area contributed by atoms with E-state index in [0.717, 1.165) is 17.0 Å². The number of thiophene rings is 1. The van der Waals surface area contributed by atoms with Crippen molar-refractivity contribution in [1.29, 1.82) is 0 Å². The number of rotatable bonds is 2. The highest BCUT2D eigenvalue weighted by molar-refractivity contribution is 7.13. The topological polar surface area (TPSA) is 110 Å². The van der Waals surface area contributed by atoms with Crippen LogP contribution in [0.2, 0.25) is 0 Å². The molecule has 0 fully saturated rings. The number of allylic oxidation sites excluding steroid dienone is 2. The van der Waals surface area contributed by atoms with Crippen LogP contribution in [0.25, 0.3) is 0 Å². The first kappa shape index (κ1) is 13.9. The summed E-state index contributed by atoms with van der Waals surface area (Å²) in [7, 11) is 1.71. The van der Waals surface area contributed by atoms with Gasteiger partial charge in [-0.25, -0.2) is 0 Å². The van der Waals surface area contributed by atoms with Gasteiger partial charge in [0.2, 0.25) is 0 Å². The largest absolute Gasteiger partial charge is 0.343 e. The quantitative estimate of drug-likeness (QED) is 0.644. The molecule has 3 heterocycles. The Hall–Kier alpha value is -2.68. The minimum Gasteiger partial charge on any atom is -0.343 e. The van der Waals surface area contributed by atoms with Gasteiger partial charge in [0, 0.05) is 42.1 Å². The van der Waals surface area contributed by atoms with Gasteiger partial charge >= 0.3 is 5.00 Å². The second-order valence-electron chi connectivity index (χ2n) is 5.61. The van der Waals surface area contributed by atoms with Crippen molar-refractivity contribution in [2.24, 2.45) is 7.05 Å². The van der Waals surface area contributed by atoms with Gasteiger partial charge in [-0.3, -0.25) is 29.5 Å². The molecule has 4 rings (SSSR count). The van der Waals surface area contributed by atoms with E-state index in [1.807, 2.05) is 0 Å². The number of nitro groups is 1. The minimum atomic E-state index is -0.550. The number of carbonyl (C=O) groups excluding carboxylic acids is 1. The molecule has 2 aromatic rings. The van der Waals surface area contributed by atoms with Crippen molar-refractivity contribution in [3.63, 3.8) is 0 Å². The lowest BCUT2D eigenvalue weighted by Gasteiger charge is -2.24. The van der Waals surface area contributed by atoms with Gasteiger partial charge in [-0.15, -0.1) is 0 Å². The number of hydrogen-bond acceptors (Lipinski definition) is 6. The number of hydrogen-bond donors (Lipinski definition) is 2. The number of fused-ring (bicyclic) bond motifs is 1. The molecule has 0 amide bonds. The lowest BCUT2D eigenvalue weighted by molar-refractivity contribution is -0.380. The second kappa shape index (κ2) is 4.66. The first-order valence-corrected chi connectivity index (χ1v) is 7.90. The number of Topliss-reactive ketones (excluding diaryl/α,β-unsaturated/α-hetero) is 1. The predicted molar refractivity (Wildman–Crippen MR) is 83.7 cm³/mol. The predicted octanol–water partition coefficient (Wildman–Crippen LogP) is 1.86. The molecule has 0 saturated carbocycles. The number of H-pyrrole nitrogens is 1. The Morgan fingerprint density at radius 2 is 2.17 bits per heavy atom. The van der Waals surface area contributed by atoms with Crippen LogP contribution in [0.1, 0.15) is 29.9 Å². The summed E-state index contributed by atoms with van der Waals surface area (Å²) < 4.78 is 1.58. The van der Waals surface area contributed by atoms with E-state index < -0.39 is 10.8 Å². The molecule has 1 atom stereocenters. The summed E-state index contributed by atoms with van der Waals surface area (Å²) in [6.07, 6.45) is 0.988. The fourth-order valence-electron chi connectivity index (χ4n) is 3.32. The van der Waals surface area contributed by atoms with Crippen LogP contribution in [-0.2, 0) is 11.8 Å². The van der Waals surface area contributed by atoms with E-state index in [0.29, 0.717) is 35.4 Å². The standard InChI is InChI=1S/C14H12N4O4S/c1-17-13-12(14(20)16-17)10(6-4-9(18(21)22)23-5-6)11-7(15-13)2-3-8(11)19/h4-5,10,15H,2-3H2,1H3,(H,16,20). The van der Waals surface area contributed by atoms with E-state index in [1.54, 1.807) is 17.1 Å². The Bertz CT molecular complexity index is 948. The average molecular weight is 332 g/mol. The van der Waals surface area contributed by atoms with Crippen LogP contribution in [0.3, 0.4) is 0 Å². The fourth-order valence-corrected chi connectivity index (χ4v) is 4.07. The number of aryl methyl sites for hydroxylation is 1. The van der Waals surface area contributed by atoms with Gasteiger partial charge in [0.15, 0.2) is 5.78 Å². The third-order valence-electron chi connectivity index (χ3n) is 4.30. The SMILES string of the molecule is Cn1[nH]c(=O)c2c1NC1=C(C(=O)CC1)C2c1csc([N+](=O)[O-])c1. The zero-order valence-corrected chi connectivity index (χ0v) is 12.9. The van der Waals surface area contributed by atoms with E-state index in [9.17, 15) is 19.7 Å². The zero-order chi connectivity index (χ0) is 16.3. The molecular formula is C14H12N4O4S. The van der Waals surface area contributed by atoms with Gasteiger partial charge in [0.1, 0.15) is 5.82 Å². The molecule has 0 radical (unpaired) electrons. The van der Waals surface area contributed by atoms with Crippen molar-refractivity contribution in [2.45, 2.75) is 18.8 Å². The van der Waals surface area contributed by atoms with Crippen LogP contribution in [0.5, 0.6) is 0 Å². The highest BCUT2D eigenvalue weighted by atomic mass is 32.1. The van der Waals surface area contributed by atoms with Crippen molar-refractivity contribution in [3.05, 3.63) is 54.3 Å². The molecule has 0 saturated heterocycles. The van der Waals surface area contributed by atoms with Gasteiger partial charge in [-0.05, 0) is 12.0 Å². The summed E-state index contributed by atoms with van der Waals surface area (Å²) in [4.78, 5) is 35.1. The molecule has 118 valence electrons. The molecule has 2 aliphatic rings. The molecule has 2 N–H and O–H groups in total. The zero-order valence-electron chi connectivity index (χ0n) is 12.1. The summed E-state index contributed by atoms with van der Waals surface area (Å²) in [6.45, 7) is 0. The Morgan fingerprint density at radius 3 is 2.87 bits per heavy atom. The van der Waals surface area contributed by atoms with E-state index in [-0.39, 0.29) is 16.3 Å². The van der Waals surface area contributed by atoms with Crippen molar-refractivity contribution >= 4 is 27.9 Å². The summed E-state index contributed by atoms with van der Waals surface area (Å²) in [6, 6.07) is 1.45. The van der Waals surface area contributed by atoms with Crippen molar-refractivity contribution in [1.82, 2.24) is 9.78 Å². The van der Waals surface area contributed by atoms with Crippen LogP contribution < -0.4 is 10.9 Å². The number of carbonyl (C=O) groups is 1. The van der Waals surface area contributed by atoms with E-state index in [1.165, 1.54) is 6.07 Å². The summed E-state index contributed by atoms with van der Waals surface area (Å²) in [5.74, 6) is 0.0497. The van der Waals surface area contributed by atoms with Crippen LogP contribution >= 0.6 is 11.3 Å². The molecular weight excluding hydrogens is 320 g/mol. The molecule has 0 aromatic carbocycles. The fraction of sp³-hybridized carbons (Fsp3) is 0.286. The van der Waals surface area contributed by atoms with Gasteiger partial charge in [-0.1, -0.05) is 11.3 Å². The second-order valence-corrected chi connectivity index (χ2v) is 6.50. The van der Waals surface area contributed by atoms with Crippen molar-refractivity contribution in [2.75, 3.05) is 5.32 Å². The van der Waals surface area contributed by atoms with Gasteiger partial charge in [0.25, 0.3) is 5.56 Å². The Labute approximate surface area is 133 Å². The van der Waals surface area contributed by atoms with Crippen molar-refractivity contribution < 1.29 is 9.72 Å². The number of aromatic amines is 1. The molecule has 2 aromatic heterocycles. The van der Waals surface area contributed by atoms with Gasteiger partial charge in [0.05, 0.1) is 10.5 Å². The Kier molecular flexibility index (Phi) is 2.82. The maximum absolute atomic E-state index is 12.3. The van der Waals surface area contributed by atoms with Crippen LogP contribution in [0.4, 0.5) is 10.8 Å². The molecule has 1 aliphatic heterocycles. The molecule has 1 unspecified atom stereocenters. The number of anilines is 1. The highest BCUT2D eigenvalue weighted by Gasteiger charge is 2.40. The summed E-state index contributed by atoms with van der Waals surface area (Å²) >= 11 is 1.00. The lowest BCUT2D eigenvalue weighted by Crippen LogP contribution is -2.23. The van der Waals surface area contributed by atoms with Gasteiger partial charge < -0.3 is 5.32 Å². The Morgan fingerprint density at radius 1 is 1.39 bits per heavy atom. The van der Waals surface area contributed by atoms with Crippen molar-refractivity contribution in [3.8, 4) is 0 Å². The third kappa shape index (κ3) is 1.89. The molecule has 1 aliphatic carbocycles. The number of nitrogens with one attached hydrogen (secondary N) is 2.